The minimum Gasteiger partial charge on any atom is -0.479 e. The smallest absolute Gasteiger partial charge is 0.344 e. The van der Waals surface area contributed by atoms with Gasteiger partial charge in [0.25, 0.3) is 0 Å². The second-order valence-corrected chi connectivity index (χ2v) is 6.02. The van der Waals surface area contributed by atoms with Crippen LogP contribution in [0.25, 0.3) is 6.08 Å². The molecule has 1 atom stereocenters. The van der Waals surface area contributed by atoms with Gasteiger partial charge >= 0.3 is 11.9 Å². The molecule has 5 nitrogen and oxygen atoms in total. The summed E-state index contributed by atoms with van der Waals surface area (Å²) >= 11 is 0. The fourth-order valence-electron chi connectivity index (χ4n) is 2.74. The van der Waals surface area contributed by atoms with Crippen molar-refractivity contribution >= 4 is 18.0 Å². The number of ether oxygens (including phenoxy) is 2. The van der Waals surface area contributed by atoms with Gasteiger partial charge in [-0.3, -0.25) is 0 Å². The van der Waals surface area contributed by atoms with E-state index in [0.29, 0.717) is 12.2 Å². The summed E-state index contributed by atoms with van der Waals surface area (Å²) in [5.41, 5.74) is 2.14. The van der Waals surface area contributed by atoms with Crippen molar-refractivity contribution < 1.29 is 24.2 Å². The molecule has 0 radical (unpaired) electrons. The Labute approximate surface area is 147 Å². The maximum atomic E-state index is 11.4. The quantitative estimate of drug-likeness (QED) is 0.439. The molecule has 1 N–H and O–H groups in total. The van der Waals surface area contributed by atoms with E-state index in [1.54, 1.807) is 30.3 Å². The van der Waals surface area contributed by atoms with Gasteiger partial charge in [-0.05, 0) is 62.3 Å². The van der Waals surface area contributed by atoms with Crippen LogP contribution in [0.3, 0.4) is 0 Å². The Morgan fingerprint density at radius 1 is 1.24 bits per heavy atom. The zero-order valence-corrected chi connectivity index (χ0v) is 14.4. The van der Waals surface area contributed by atoms with Gasteiger partial charge in [0.1, 0.15) is 5.75 Å². The van der Waals surface area contributed by atoms with Crippen LogP contribution in [0.5, 0.6) is 5.75 Å². The maximum Gasteiger partial charge on any atom is 0.344 e. The van der Waals surface area contributed by atoms with Crippen LogP contribution >= 0.6 is 0 Å². The number of carbonyl (C=O) groups excluding carboxylic acids is 1. The van der Waals surface area contributed by atoms with E-state index in [1.807, 2.05) is 0 Å². The van der Waals surface area contributed by atoms with Crippen LogP contribution in [-0.4, -0.2) is 30.3 Å². The number of allylic oxidation sites excluding steroid dienone is 2. The number of methoxy groups -OCH3 is 1. The topological polar surface area (TPSA) is 72.8 Å². The molecule has 0 aromatic heterocycles. The van der Waals surface area contributed by atoms with Crippen LogP contribution in [0.4, 0.5) is 0 Å². The predicted molar refractivity (Wildman–Crippen MR) is 95.3 cm³/mol. The van der Waals surface area contributed by atoms with E-state index < -0.39 is 18.0 Å². The largest absolute Gasteiger partial charge is 0.479 e. The lowest BCUT2D eigenvalue weighted by Crippen LogP contribution is -2.27. The van der Waals surface area contributed by atoms with E-state index in [-0.39, 0.29) is 0 Å². The number of carboxylic acid groups (broad SMARTS) is 1. The Kier molecular flexibility index (Phi) is 7.26. The molecule has 134 valence electrons. The fraction of sp³-hybridized carbons (Fsp3) is 0.400. The van der Waals surface area contributed by atoms with Crippen LogP contribution in [-0.2, 0) is 14.3 Å². The highest BCUT2D eigenvalue weighted by Gasteiger charge is 2.20. The zero-order chi connectivity index (χ0) is 18.1. The SMILES string of the molecule is COC(=O)C=Cc1ccc(OC(CCC2=CCCCC2)C(=O)O)cc1. The maximum absolute atomic E-state index is 11.4. The van der Waals surface area contributed by atoms with Gasteiger partial charge in [0.2, 0.25) is 0 Å². The van der Waals surface area contributed by atoms with Crippen LogP contribution in [0.1, 0.15) is 44.1 Å². The predicted octanol–water partition coefficient (Wildman–Crippen LogP) is 3.99. The summed E-state index contributed by atoms with van der Waals surface area (Å²) in [4.78, 5) is 22.5. The molecule has 2 rings (SSSR count). The first-order valence-corrected chi connectivity index (χ1v) is 8.52. The molecule has 0 heterocycles. The molecule has 25 heavy (non-hydrogen) atoms. The van der Waals surface area contributed by atoms with Crippen LogP contribution < -0.4 is 4.74 Å². The molecule has 1 unspecified atom stereocenters. The van der Waals surface area contributed by atoms with Gasteiger partial charge in [-0.1, -0.05) is 23.8 Å². The van der Waals surface area contributed by atoms with Gasteiger partial charge < -0.3 is 14.6 Å². The highest BCUT2D eigenvalue weighted by Crippen LogP contribution is 2.23. The van der Waals surface area contributed by atoms with Gasteiger partial charge in [-0.2, -0.15) is 0 Å². The second kappa shape index (κ2) is 9.67. The number of hydrogen-bond donors (Lipinski definition) is 1. The Morgan fingerprint density at radius 3 is 2.60 bits per heavy atom. The van der Waals surface area contributed by atoms with E-state index in [2.05, 4.69) is 10.8 Å². The van der Waals surface area contributed by atoms with Crippen LogP contribution in [0.2, 0.25) is 0 Å². The Hall–Kier alpha value is -2.56. The summed E-state index contributed by atoms with van der Waals surface area (Å²) in [5, 5.41) is 9.38. The van der Waals surface area contributed by atoms with Gasteiger partial charge in [-0.25, -0.2) is 9.59 Å². The zero-order valence-electron chi connectivity index (χ0n) is 14.4. The normalized spacial score (nSPS) is 15.5. The third-order valence-electron chi connectivity index (χ3n) is 4.16. The molecule has 0 amide bonds. The number of benzene rings is 1. The summed E-state index contributed by atoms with van der Waals surface area (Å²) in [7, 11) is 1.32. The number of hydrogen-bond acceptors (Lipinski definition) is 4. The lowest BCUT2D eigenvalue weighted by atomic mass is 9.95. The lowest BCUT2D eigenvalue weighted by molar-refractivity contribution is -0.145. The van der Waals surface area contributed by atoms with Gasteiger partial charge in [-0.15, -0.1) is 0 Å². The molecular formula is C20H24O5. The average molecular weight is 344 g/mol. The van der Waals surface area contributed by atoms with E-state index in [0.717, 1.165) is 24.8 Å². The molecular weight excluding hydrogens is 320 g/mol. The first-order chi connectivity index (χ1) is 12.1. The number of carbonyl (C=O) groups is 2. The number of esters is 1. The molecule has 1 aliphatic carbocycles. The van der Waals surface area contributed by atoms with Gasteiger partial charge in [0, 0.05) is 6.08 Å². The standard InChI is InChI=1S/C20H24O5/c1-24-19(21)14-10-16-7-11-17(12-8-16)25-18(20(22)23)13-9-15-5-3-2-4-6-15/h5,7-8,10-12,14,18H,2-4,6,9,13H2,1H3,(H,22,23). The Morgan fingerprint density at radius 2 is 2.00 bits per heavy atom. The summed E-state index contributed by atoms with van der Waals surface area (Å²) in [6.45, 7) is 0. The monoisotopic (exact) mass is 344 g/mol. The first-order valence-electron chi connectivity index (χ1n) is 8.52. The average Bonchev–Trinajstić information content (AvgIpc) is 2.64. The summed E-state index contributed by atoms with van der Waals surface area (Å²) < 4.78 is 10.2. The molecule has 0 spiro atoms. The fourth-order valence-corrected chi connectivity index (χ4v) is 2.74. The molecule has 1 aromatic carbocycles. The molecule has 1 aliphatic rings. The molecule has 0 aliphatic heterocycles. The summed E-state index contributed by atoms with van der Waals surface area (Å²) in [6.07, 6.45) is 10.1. The highest BCUT2D eigenvalue weighted by atomic mass is 16.5. The van der Waals surface area contributed by atoms with Crippen molar-refractivity contribution in [3.05, 3.63) is 47.6 Å². The minimum atomic E-state index is -0.953. The highest BCUT2D eigenvalue weighted by molar-refractivity contribution is 5.86. The van der Waals surface area contributed by atoms with Crippen molar-refractivity contribution in [2.75, 3.05) is 7.11 Å². The first kappa shape index (κ1) is 18.8. The van der Waals surface area contributed by atoms with Crippen LogP contribution in [0.15, 0.2) is 42.0 Å². The Bertz CT molecular complexity index is 643. The van der Waals surface area contributed by atoms with Crippen molar-refractivity contribution in [3.8, 4) is 5.75 Å². The minimum absolute atomic E-state index is 0.428. The molecule has 0 saturated carbocycles. The van der Waals surface area contributed by atoms with Gasteiger partial charge in [0.15, 0.2) is 6.10 Å². The third-order valence-corrected chi connectivity index (χ3v) is 4.16. The molecule has 0 fully saturated rings. The molecule has 0 saturated heterocycles. The van der Waals surface area contributed by atoms with Crippen molar-refractivity contribution in [1.29, 1.82) is 0 Å². The van der Waals surface area contributed by atoms with Crippen molar-refractivity contribution in [1.82, 2.24) is 0 Å². The lowest BCUT2D eigenvalue weighted by Gasteiger charge is -2.17. The number of carboxylic acids is 1. The molecule has 1 aromatic rings. The van der Waals surface area contributed by atoms with E-state index in [4.69, 9.17) is 4.74 Å². The number of aliphatic carboxylic acids is 1. The summed E-state index contributed by atoms with van der Waals surface area (Å²) in [6, 6.07) is 6.92. The van der Waals surface area contributed by atoms with Crippen molar-refractivity contribution in [2.24, 2.45) is 0 Å². The Balaban J connectivity index is 1.92. The summed E-state index contributed by atoms with van der Waals surface area (Å²) in [5.74, 6) is -0.880. The van der Waals surface area contributed by atoms with Gasteiger partial charge in [0.05, 0.1) is 7.11 Å². The van der Waals surface area contributed by atoms with E-state index >= 15 is 0 Å². The third kappa shape index (κ3) is 6.45. The molecule has 5 heteroatoms. The second-order valence-electron chi connectivity index (χ2n) is 6.02. The van der Waals surface area contributed by atoms with Crippen LogP contribution in [0, 0.1) is 0 Å². The number of rotatable bonds is 8. The van der Waals surface area contributed by atoms with E-state index in [1.165, 1.54) is 31.6 Å². The van der Waals surface area contributed by atoms with Crippen molar-refractivity contribution in [2.45, 2.75) is 44.6 Å². The van der Waals surface area contributed by atoms with E-state index in [9.17, 15) is 14.7 Å². The molecule has 0 bridgehead atoms. The van der Waals surface area contributed by atoms with Crippen molar-refractivity contribution in [3.63, 3.8) is 0 Å².